The number of aliphatic hydroxyl groups is 7. The second kappa shape index (κ2) is 14.2. The van der Waals surface area contributed by atoms with Crippen molar-refractivity contribution in [2.45, 2.75) is 132 Å². The molecule has 14 atom stereocenters. The van der Waals surface area contributed by atoms with E-state index in [1.807, 2.05) is 40.7 Å². The molecule has 5 heterocycles. The molecule has 282 valence electrons. The largest absolute Gasteiger partial charge is 0.487 e. The number of aliphatic hydroxyl groups excluding tert-OH is 7. The van der Waals surface area contributed by atoms with E-state index in [9.17, 15) is 40.5 Å². The molecule has 5 aliphatic rings. The van der Waals surface area contributed by atoms with Gasteiger partial charge in [0.2, 0.25) is 6.29 Å². The molecule has 1 aromatic carbocycles. The summed E-state index contributed by atoms with van der Waals surface area (Å²) in [5.41, 5.74) is -0.395. The van der Waals surface area contributed by atoms with Crippen molar-refractivity contribution in [1.82, 2.24) is 4.90 Å². The Morgan fingerprint density at radius 1 is 0.920 bits per heavy atom. The van der Waals surface area contributed by atoms with Crippen LogP contribution in [0.25, 0.3) is 0 Å². The van der Waals surface area contributed by atoms with Crippen molar-refractivity contribution >= 4 is 6.09 Å². The summed E-state index contributed by atoms with van der Waals surface area (Å²) in [4.78, 5) is 14.6. The molecule has 50 heavy (non-hydrogen) atoms. The second-order valence-electron chi connectivity index (χ2n) is 15.4. The summed E-state index contributed by atoms with van der Waals surface area (Å²) in [5.74, 6) is 0.880. The molecule has 0 radical (unpaired) electrons. The fourth-order valence-electron chi connectivity index (χ4n) is 7.64. The first-order valence-electron chi connectivity index (χ1n) is 17.2. The summed E-state index contributed by atoms with van der Waals surface area (Å²) in [6, 6.07) is 5.15. The van der Waals surface area contributed by atoms with E-state index in [-0.39, 0.29) is 35.9 Å². The Balaban J connectivity index is 1.13. The quantitative estimate of drug-likeness (QED) is 0.198. The third-order valence-corrected chi connectivity index (χ3v) is 10.3. The van der Waals surface area contributed by atoms with Crippen LogP contribution in [0.5, 0.6) is 11.5 Å². The number of rotatable bonds is 6. The van der Waals surface area contributed by atoms with Gasteiger partial charge in [0.25, 0.3) is 0 Å². The van der Waals surface area contributed by atoms with E-state index in [2.05, 4.69) is 0 Å². The highest BCUT2D eigenvalue weighted by atomic mass is 16.7. The molecular weight excluding hydrogens is 662 g/mol. The SMILES string of the molecule is CC(C)(C)OC(=O)N1CC[C@@H]2O[C@@H]3c4ccc(O[C@@H]5O[C@H](CO)[C@@H](O[C@@H]6O[C@H](CO)[C@@H](O)[C@H](O)[C@H]6O)[C@H](O)[C@H]5O)cc4OC(C)(C)[C@H]3C[C@@H]2C1. The topological polar surface area (TPSA) is 227 Å². The minimum absolute atomic E-state index is 0.00815. The number of amides is 1. The molecule has 6 rings (SSSR count). The van der Waals surface area contributed by atoms with E-state index in [4.69, 9.17) is 33.2 Å². The molecular formula is C34H51NO15. The van der Waals surface area contributed by atoms with Crippen molar-refractivity contribution in [3.63, 3.8) is 0 Å². The number of carbonyl (C=O) groups is 1. The van der Waals surface area contributed by atoms with Gasteiger partial charge in [-0.2, -0.15) is 0 Å². The Hall–Kier alpha value is -2.35. The van der Waals surface area contributed by atoms with Crippen LogP contribution in [0, 0.1) is 11.8 Å². The molecule has 0 bridgehead atoms. The Morgan fingerprint density at radius 2 is 1.60 bits per heavy atom. The van der Waals surface area contributed by atoms with Crippen LogP contribution in [0.15, 0.2) is 18.2 Å². The van der Waals surface area contributed by atoms with Crippen molar-refractivity contribution in [2.24, 2.45) is 11.8 Å². The number of hydrogen-bond donors (Lipinski definition) is 7. The molecule has 4 fully saturated rings. The van der Waals surface area contributed by atoms with E-state index in [0.717, 1.165) is 12.0 Å². The van der Waals surface area contributed by atoms with Crippen LogP contribution in [0.2, 0.25) is 0 Å². The first-order chi connectivity index (χ1) is 23.5. The number of nitrogens with zero attached hydrogens (tertiary/aromatic N) is 1. The van der Waals surface area contributed by atoms with E-state index in [1.54, 1.807) is 17.0 Å². The van der Waals surface area contributed by atoms with Gasteiger partial charge in [-0.15, -0.1) is 0 Å². The Bertz CT molecular complexity index is 1350. The fourth-order valence-corrected chi connectivity index (χ4v) is 7.64. The molecule has 1 amide bonds. The number of likely N-dealkylation sites (tertiary alicyclic amines) is 1. The molecule has 0 saturated carbocycles. The number of fused-ring (bicyclic) bond motifs is 4. The van der Waals surface area contributed by atoms with E-state index < -0.39 is 85.8 Å². The molecule has 16 heteroatoms. The molecule has 0 aromatic heterocycles. The van der Waals surface area contributed by atoms with Crippen molar-refractivity contribution in [2.75, 3.05) is 26.3 Å². The van der Waals surface area contributed by atoms with Crippen LogP contribution >= 0.6 is 0 Å². The first kappa shape index (κ1) is 37.4. The van der Waals surface area contributed by atoms with Crippen molar-refractivity contribution < 1.29 is 73.7 Å². The number of carbonyl (C=O) groups excluding carboxylic acids is 1. The summed E-state index contributed by atoms with van der Waals surface area (Å²) in [7, 11) is 0. The van der Waals surface area contributed by atoms with Crippen LogP contribution in [0.4, 0.5) is 4.79 Å². The molecule has 1 aromatic rings. The van der Waals surface area contributed by atoms with E-state index in [0.29, 0.717) is 25.3 Å². The maximum Gasteiger partial charge on any atom is 0.410 e. The van der Waals surface area contributed by atoms with E-state index in [1.165, 1.54) is 0 Å². The maximum atomic E-state index is 12.8. The van der Waals surface area contributed by atoms with Gasteiger partial charge in [-0.25, -0.2) is 4.79 Å². The number of ether oxygens (including phenoxy) is 7. The van der Waals surface area contributed by atoms with E-state index >= 15 is 0 Å². The third-order valence-electron chi connectivity index (χ3n) is 10.3. The van der Waals surface area contributed by atoms with Gasteiger partial charge in [0, 0.05) is 36.6 Å². The molecule has 7 N–H and O–H groups in total. The Labute approximate surface area is 290 Å². The van der Waals surface area contributed by atoms with Gasteiger partial charge < -0.3 is 73.8 Å². The predicted octanol–water partition coefficient (Wildman–Crippen LogP) is -0.436. The molecule has 5 aliphatic heterocycles. The highest BCUT2D eigenvalue weighted by Gasteiger charge is 2.53. The lowest BCUT2D eigenvalue weighted by Crippen LogP contribution is -2.65. The van der Waals surface area contributed by atoms with Crippen molar-refractivity contribution in [1.29, 1.82) is 0 Å². The monoisotopic (exact) mass is 713 g/mol. The van der Waals surface area contributed by atoms with Gasteiger partial charge in [0.1, 0.15) is 71.5 Å². The van der Waals surface area contributed by atoms with Gasteiger partial charge in [-0.1, -0.05) is 0 Å². The minimum atomic E-state index is -1.77. The molecule has 0 unspecified atom stereocenters. The minimum Gasteiger partial charge on any atom is -0.487 e. The summed E-state index contributed by atoms with van der Waals surface area (Å²) in [6.07, 6.45) is -14.8. The van der Waals surface area contributed by atoms with Crippen LogP contribution in [-0.4, -0.2) is 152 Å². The predicted molar refractivity (Wildman–Crippen MR) is 170 cm³/mol. The average Bonchev–Trinajstić information content (AvgIpc) is 3.06. The number of piperidine rings is 1. The van der Waals surface area contributed by atoms with Crippen molar-refractivity contribution in [3.05, 3.63) is 23.8 Å². The molecule has 0 aliphatic carbocycles. The zero-order valence-corrected chi connectivity index (χ0v) is 28.9. The zero-order valence-electron chi connectivity index (χ0n) is 28.9. The Kier molecular flexibility index (Phi) is 10.6. The second-order valence-corrected chi connectivity index (χ2v) is 15.4. The summed E-state index contributed by atoms with van der Waals surface area (Å²) < 4.78 is 41.6. The highest BCUT2D eigenvalue weighted by Crippen LogP contribution is 2.53. The lowest BCUT2D eigenvalue weighted by molar-refractivity contribution is -0.352. The Morgan fingerprint density at radius 3 is 2.28 bits per heavy atom. The maximum absolute atomic E-state index is 12.8. The van der Waals surface area contributed by atoms with Gasteiger partial charge in [-0.3, -0.25) is 0 Å². The average molecular weight is 714 g/mol. The fraction of sp³-hybridized carbons (Fsp3) is 0.794. The van der Waals surface area contributed by atoms with Gasteiger partial charge >= 0.3 is 6.09 Å². The molecule has 4 saturated heterocycles. The summed E-state index contributed by atoms with van der Waals surface area (Å²) in [6.45, 7) is 9.22. The lowest BCUT2D eigenvalue weighted by atomic mass is 9.70. The van der Waals surface area contributed by atoms with Crippen LogP contribution in [0.1, 0.15) is 59.1 Å². The van der Waals surface area contributed by atoms with Crippen LogP contribution in [0.3, 0.4) is 0 Å². The normalized spacial score (nSPS) is 41.2. The number of hydrogen-bond acceptors (Lipinski definition) is 15. The summed E-state index contributed by atoms with van der Waals surface area (Å²) >= 11 is 0. The van der Waals surface area contributed by atoms with Gasteiger partial charge in [-0.05, 0) is 59.6 Å². The van der Waals surface area contributed by atoms with Crippen molar-refractivity contribution in [3.8, 4) is 11.5 Å². The zero-order chi connectivity index (χ0) is 36.3. The van der Waals surface area contributed by atoms with Crippen LogP contribution < -0.4 is 9.47 Å². The lowest BCUT2D eigenvalue weighted by Gasteiger charge is -2.53. The first-order valence-corrected chi connectivity index (χ1v) is 17.2. The van der Waals surface area contributed by atoms with Crippen LogP contribution in [-0.2, 0) is 23.7 Å². The standard InChI is InChI=1S/C34H51NO15/c1-33(2,3)50-32(43)35-9-8-19-15(12-35)10-18-28(45-19)17-7-6-16(11-20(17)49-34(18,4)5)44-30-27(42)25(40)29(22(14-37)47-30)48-31-26(41)24(39)23(38)21(13-36)46-31/h6-7,11,15,18-19,21-31,36-42H,8-10,12-14H2,1-5H3/t15-,18+,19+,21-,22-,23-,24+,25-,26-,27-,28-,29-,30-,31+/m1/s1. The number of benzene rings is 1. The summed E-state index contributed by atoms with van der Waals surface area (Å²) in [5, 5.41) is 72.1. The highest BCUT2D eigenvalue weighted by molar-refractivity contribution is 5.68. The third kappa shape index (κ3) is 7.30. The van der Waals surface area contributed by atoms with Gasteiger partial charge in [0.15, 0.2) is 6.29 Å². The molecule has 0 spiro atoms. The molecule has 16 nitrogen and oxygen atoms in total. The van der Waals surface area contributed by atoms with Gasteiger partial charge in [0.05, 0.1) is 25.4 Å². The smallest absolute Gasteiger partial charge is 0.410 e.